The van der Waals surface area contributed by atoms with Crippen LogP contribution < -0.4 is 16.0 Å². The summed E-state index contributed by atoms with van der Waals surface area (Å²) < 4.78 is 13.2. The van der Waals surface area contributed by atoms with Gasteiger partial charge < -0.3 is 16.0 Å². The number of aryl methyl sites for hydroxylation is 1. The molecule has 0 unspecified atom stereocenters. The van der Waals surface area contributed by atoms with Crippen LogP contribution in [0, 0.1) is 12.7 Å². The van der Waals surface area contributed by atoms with Crippen LogP contribution in [0.5, 0.6) is 0 Å². The Hall–Kier alpha value is -1.68. The van der Waals surface area contributed by atoms with Crippen LogP contribution in [0.15, 0.2) is 40.7 Å². The van der Waals surface area contributed by atoms with Gasteiger partial charge in [-0.05, 0) is 61.4 Å². The van der Waals surface area contributed by atoms with E-state index >= 15 is 0 Å². The van der Waals surface area contributed by atoms with E-state index in [1.807, 2.05) is 37.4 Å². The fraction of sp³-hybridized carbons (Fsp3) is 0.400. The number of nitrogens with zero attached hydrogens (tertiary/aromatic N) is 1. The molecule has 0 saturated heterocycles. The van der Waals surface area contributed by atoms with Crippen molar-refractivity contribution in [2.45, 2.75) is 26.7 Å². The van der Waals surface area contributed by atoms with Gasteiger partial charge in [0.15, 0.2) is 5.96 Å². The van der Waals surface area contributed by atoms with Crippen molar-refractivity contribution in [1.82, 2.24) is 16.0 Å². The standard InChI is InChI=1S/C20H27FN4OS.HI/c1-3-22-20(25-12-9-16-7-8-17(21)14-15(16)2)24-11-5-10-23-19(26)18-6-4-13-27-18;/h4,6-8,13-14H,3,5,9-12H2,1-2H3,(H,23,26)(H2,22,24,25);1H. The first kappa shape index (κ1) is 24.4. The van der Waals surface area contributed by atoms with E-state index in [1.54, 1.807) is 6.07 Å². The number of amides is 1. The lowest BCUT2D eigenvalue weighted by Crippen LogP contribution is -2.38. The maximum atomic E-state index is 13.2. The molecule has 8 heteroatoms. The Bertz CT molecular complexity index is 753. The molecule has 1 aromatic carbocycles. The summed E-state index contributed by atoms with van der Waals surface area (Å²) in [6.07, 6.45) is 1.57. The highest BCUT2D eigenvalue weighted by molar-refractivity contribution is 14.0. The van der Waals surface area contributed by atoms with Crippen LogP contribution in [0.4, 0.5) is 4.39 Å². The van der Waals surface area contributed by atoms with Crippen LogP contribution in [-0.2, 0) is 6.42 Å². The predicted octanol–water partition coefficient (Wildman–Crippen LogP) is 3.73. The van der Waals surface area contributed by atoms with E-state index in [4.69, 9.17) is 0 Å². The summed E-state index contributed by atoms with van der Waals surface area (Å²) >= 11 is 1.43. The Morgan fingerprint density at radius 2 is 2.00 bits per heavy atom. The van der Waals surface area contributed by atoms with Crippen LogP contribution >= 0.6 is 35.3 Å². The van der Waals surface area contributed by atoms with Gasteiger partial charge in [0.25, 0.3) is 5.91 Å². The van der Waals surface area contributed by atoms with Gasteiger partial charge in [-0.3, -0.25) is 9.79 Å². The lowest BCUT2D eigenvalue weighted by molar-refractivity contribution is 0.0957. The molecule has 0 spiro atoms. The van der Waals surface area contributed by atoms with Gasteiger partial charge in [-0.25, -0.2) is 4.39 Å². The summed E-state index contributed by atoms with van der Waals surface area (Å²) in [5.74, 6) is 0.515. The molecule has 0 radical (unpaired) electrons. The molecule has 0 aliphatic rings. The number of hydrogen-bond donors (Lipinski definition) is 3. The van der Waals surface area contributed by atoms with E-state index in [2.05, 4.69) is 20.9 Å². The monoisotopic (exact) mass is 518 g/mol. The van der Waals surface area contributed by atoms with Crippen LogP contribution in [0.25, 0.3) is 0 Å². The van der Waals surface area contributed by atoms with E-state index < -0.39 is 0 Å². The summed E-state index contributed by atoms with van der Waals surface area (Å²) in [6.45, 7) is 6.64. The minimum Gasteiger partial charge on any atom is -0.357 e. The largest absolute Gasteiger partial charge is 0.357 e. The molecule has 0 aliphatic carbocycles. The van der Waals surface area contributed by atoms with Crippen molar-refractivity contribution in [1.29, 1.82) is 0 Å². The molecule has 0 bridgehead atoms. The van der Waals surface area contributed by atoms with E-state index in [0.717, 1.165) is 41.4 Å². The third-order valence-corrected chi connectivity index (χ3v) is 4.84. The lowest BCUT2D eigenvalue weighted by Gasteiger charge is -2.12. The van der Waals surface area contributed by atoms with Gasteiger partial charge >= 0.3 is 0 Å². The van der Waals surface area contributed by atoms with Gasteiger partial charge in [-0.15, -0.1) is 35.3 Å². The number of nitrogens with one attached hydrogen (secondary N) is 3. The van der Waals surface area contributed by atoms with Crippen molar-refractivity contribution >= 4 is 47.2 Å². The molecule has 1 aromatic heterocycles. The zero-order chi connectivity index (χ0) is 19.5. The topological polar surface area (TPSA) is 65.5 Å². The second-order valence-corrected chi connectivity index (χ2v) is 7.04. The van der Waals surface area contributed by atoms with E-state index in [9.17, 15) is 9.18 Å². The number of aliphatic imine (C=N–C) groups is 1. The third-order valence-electron chi connectivity index (χ3n) is 3.97. The Balaban J connectivity index is 0.00000392. The highest BCUT2D eigenvalue weighted by atomic mass is 127. The lowest BCUT2D eigenvalue weighted by atomic mass is 10.1. The molecular weight excluding hydrogens is 490 g/mol. The first-order valence-electron chi connectivity index (χ1n) is 9.19. The normalized spacial score (nSPS) is 10.9. The molecule has 1 amide bonds. The van der Waals surface area contributed by atoms with Gasteiger partial charge in [-0.1, -0.05) is 12.1 Å². The third kappa shape index (κ3) is 8.55. The molecule has 154 valence electrons. The molecule has 0 aliphatic heterocycles. The van der Waals surface area contributed by atoms with E-state index in [0.29, 0.717) is 19.6 Å². The first-order valence-corrected chi connectivity index (χ1v) is 10.1. The highest BCUT2D eigenvalue weighted by Gasteiger charge is 2.05. The number of guanidine groups is 1. The fourth-order valence-electron chi connectivity index (χ4n) is 2.56. The van der Waals surface area contributed by atoms with Crippen molar-refractivity contribution in [3.63, 3.8) is 0 Å². The van der Waals surface area contributed by atoms with Gasteiger partial charge in [0, 0.05) is 26.2 Å². The molecule has 0 fully saturated rings. The minimum atomic E-state index is -0.203. The molecule has 5 nitrogen and oxygen atoms in total. The summed E-state index contributed by atoms with van der Waals surface area (Å²) in [7, 11) is 0. The second kappa shape index (κ2) is 13.5. The Morgan fingerprint density at radius 1 is 1.18 bits per heavy atom. The van der Waals surface area contributed by atoms with Crippen molar-refractivity contribution in [2.24, 2.45) is 4.99 Å². The molecular formula is C20H28FIN4OS. The SMILES string of the molecule is CCNC(=NCCCNC(=O)c1cccs1)NCCc1ccc(F)cc1C.I. The van der Waals surface area contributed by atoms with Gasteiger partial charge in [-0.2, -0.15) is 0 Å². The molecule has 3 N–H and O–H groups in total. The number of hydrogen-bond acceptors (Lipinski definition) is 3. The van der Waals surface area contributed by atoms with E-state index in [1.165, 1.54) is 17.4 Å². The molecule has 2 aromatic rings. The van der Waals surface area contributed by atoms with Crippen molar-refractivity contribution in [3.8, 4) is 0 Å². The highest BCUT2D eigenvalue weighted by Crippen LogP contribution is 2.10. The van der Waals surface area contributed by atoms with Crippen LogP contribution in [0.3, 0.4) is 0 Å². The number of benzene rings is 1. The zero-order valence-electron chi connectivity index (χ0n) is 16.3. The maximum absolute atomic E-state index is 13.2. The summed E-state index contributed by atoms with van der Waals surface area (Å²) in [6, 6.07) is 8.55. The van der Waals surface area contributed by atoms with Gasteiger partial charge in [0.05, 0.1) is 4.88 Å². The quantitative estimate of drug-likeness (QED) is 0.205. The predicted molar refractivity (Wildman–Crippen MR) is 126 cm³/mol. The molecule has 0 saturated carbocycles. The van der Waals surface area contributed by atoms with Crippen LogP contribution in [-0.4, -0.2) is 38.0 Å². The molecule has 1 heterocycles. The van der Waals surface area contributed by atoms with Crippen molar-refractivity contribution in [2.75, 3.05) is 26.2 Å². The smallest absolute Gasteiger partial charge is 0.261 e. The Labute approximate surface area is 187 Å². The average molecular weight is 518 g/mol. The summed E-state index contributed by atoms with van der Waals surface area (Å²) in [5, 5.41) is 11.3. The van der Waals surface area contributed by atoms with Crippen molar-refractivity contribution < 1.29 is 9.18 Å². The van der Waals surface area contributed by atoms with Gasteiger partial charge in [0.1, 0.15) is 5.82 Å². The summed E-state index contributed by atoms with van der Waals surface area (Å²) in [4.78, 5) is 17.1. The zero-order valence-corrected chi connectivity index (χ0v) is 19.4. The average Bonchev–Trinajstić information content (AvgIpc) is 3.18. The van der Waals surface area contributed by atoms with Gasteiger partial charge in [0.2, 0.25) is 0 Å². The summed E-state index contributed by atoms with van der Waals surface area (Å²) in [5.41, 5.74) is 2.08. The number of thiophene rings is 1. The van der Waals surface area contributed by atoms with Crippen molar-refractivity contribution in [3.05, 3.63) is 57.5 Å². The molecule has 0 atom stereocenters. The van der Waals surface area contributed by atoms with E-state index in [-0.39, 0.29) is 35.7 Å². The number of carbonyl (C=O) groups excluding carboxylic acids is 1. The van der Waals surface area contributed by atoms with Crippen LogP contribution in [0.2, 0.25) is 0 Å². The molecule has 2 rings (SSSR count). The molecule has 28 heavy (non-hydrogen) atoms. The maximum Gasteiger partial charge on any atom is 0.261 e. The Kier molecular flexibility index (Phi) is 11.7. The number of halogens is 2. The fourth-order valence-corrected chi connectivity index (χ4v) is 3.20. The number of carbonyl (C=O) groups is 1. The number of rotatable bonds is 9. The van der Waals surface area contributed by atoms with Crippen LogP contribution in [0.1, 0.15) is 34.1 Å². The first-order chi connectivity index (χ1) is 13.1. The second-order valence-electron chi connectivity index (χ2n) is 6.09. The minimum absolute atomic E-state index is 0. The Morgan fingerprint density at radius 3 is 2.68 bits per heavy atom.